The first-order valence-corrected chi connectivity index (χ1v) is 11.2. The van der Waals surface area contributed by atoms with Gasteiger partial charge in [-0.15, -0.1) is 0 Å². The number of aliphatic carboxylic acids is 1. The molecule has 0 aliphatic rings. The van der Waals surface area contributed by atoms with Crippen LogP contribution in [0.2, 0.25) is 0 Å². The third-order valence-corrected chi connectivity index (χ3v) is 5.26. The molecule has 36 heavy (non-hydrogen) atoms. The van der Waals surface area contributed by atoms with E-state index in [2.05, 4.69) is 25.9 Å². The van der Waals surface area contributed by atoms with Crippen LogP contribution in [0.15, 0.2) is 35.5 Å². The van der Waals surface area contributed by atoms with Crippen molar-refractivity contribution in [3.8, 4) is 0 Å². The van der Waals surface area contributed by atoms with E-state index in [1.807, 2.05) is 24.3 Å². The van der Waals surface area contributed by atoms with Gasteiger partial charge in [0.2, 0.25) is 17.7 Å². The summed E-state index contributed by atoms with van der Waals surface area (Å²) in [5.41, 5.74) is 17.8. The Morgan fingerprint density at radius 2 is 1.72 bits per heavy atom. The number of rotatable bonds is 14. The first-order valence-electron chi connectivity index (χ1n) is 11.2. The molecule has 0 radical (unpaired) electrons. The third kappa shape index (κ3) is 8.56. The third-order valence-electron chi connectivity index (χ3n) is 5.26. The van der Waals surface area contributed by atoms with Crippen LogP contribution in [0.25, 0.3) is 10.9 Å². The lowest BCUT2D eigenvalue weighted by molar-refractivity contribution is -0.138. The van der Waals surface area contributed by atoms with Gasteiger partial charge in [0.1, 0.15) is 24.7 Å². The lowest BCUT2D eigenvalue weighted by Crippen LogP contribution is -2.57. The Labute approximate surface area is 206 Å². The van der Waals surface area contributed by atoms with Crippen LogP contribution < -0.4 is 33.2 Å². The number of carboxylic acids is 1. The minimum absolute atomic E-state index is 0.0528. The Bertz CT molecular complexity index is 1100. The number of guanidine groups is 1. The Kier molecular flexibility index (Phi) is 10.6. The smallest absolute Gasteiger partial charge is 0.322 e. The van der Waals surface area contributed by atoms with Crippen LogP contribution in [0.4, 0.5) is 0 Å². The van der Waals surface area contributed by atoms with Gasteiger partial charge < -0.3 is 48.3 Å². The first kappa shape index (κ1) is 28.1. The molecule has 1 heterocycles. The highest BCUT2D eigenvalue weighted by Gasteiger charge is 2.29. The number of nitrogens with zero attached hydrogens (tertiary/aromatic N) is 1. The number of aliphatic hydroxyl groups is 1. The maximum absolute atomic E-state index is 13.2. The van der Waals surface area contributed by atoms with Crippen LogP contribution in [-0.4, -0.2) is 82.7 Å². The summed E-state index contributed by atoms with van der Waals surface area (Å²) in [5.74, 6) is -3.56. The summed E-state index contributed by atoms with van der Waals surface area (Å²) < 4.78 is 0. The molecule has 2 aromatic rings. The van der Waals surface area contributed by atoms with Crippen molar-refractivity contribution in [2.75, 3.05) is 19.7 Å². The van der Waals surface area contributed by atoms with E-state index >= 15 is 0 Å². The summed E-state index contributed by atoms with van der Waals surface area (Å²) in [4.78, 5) is 56.0. The summed E-state index contributed by atoms with van der Waals surface area (Å²) in [7, 11) is 0. The van der Waals surface area contributed by atoms with Gasteiger partial charge in [-0.3, -0.25) is 24.2 Å². The number of H-pyrrole nitrogens is 1. The number of nitrogens with one attached hydrogen (secondary N) is 4. The number of fused-ring (bicyclic) bond motifs is 1. The second-order valence-electron chi connectivity index (χ2n) is 8.04. The van der Waals surface area contributed by atoms with Gasteiger partial charge in [0.05, 0.1) is 6.61 Å². The summed E-state index contributed by atoms with van der Waals surface area (Å²) in [6, 6.07) is 3.85. The number of hydrogen-bond donors (Lipinski definition) is 9. The molecule has 1 aromatic carbocycles. The minimum Gasteiger partial charge on any atom is -0.480 e. The predicted octanol–water partition coefficient (Wildman–Crippen LogP) is -2.75. The predicted molar refractivity (Wildman–Crippen MR) is 131 cm³/mol. The van der Waals surface area contributed by atoms with Crippen molar-refractivity contribution in [1.29, 1.82) is 0 Å². The number of aromatic amines is 1. The van der Waals surface area contributed by atoms with Crippen molar-refractivity contribution in [3.05, 3.63) is 36.0 Å². The molecule has 0 aliphatic heterocycles. The zero-order chi connectivity index (χ0) is 26.7. The fourth-order valence-electron chi connectivity index (χ4n) is 3.42. The van der Waals surface area contributed by atoms with Crippen LogP contribution >= 0.6 is 0 Å². The Morgan fingerprint density at radius 3 is 2.39 bits per heavy atom. The SMILES string of the molecule is NC(N)=NCCCC(NC(=O)C(Cc1c[nH]c2ccccc12)NC(=O)C(N)CO)C(=O)NCC(=O)O. The number of carbonyl (C=O) groups excluding carboxylic acids is 3. The average molecular weight is 505 g/mol. The first-order chi connectivity index (χ1) is 17.1. The number of carboxylic acid groups (broad SMARTS) is 1. The number of aliphatic imine (C=N–C) groups is 1. The van der Waals surface area contributed by atoms with Crippen molar-refractivity contribution in [1.82, 2.24) is 20.9 Å². The van der Waals surface area contributed by atoms with E-state index in [1.54, 1.807) is 6.20 Å². The van der Waals surface area contributed by atoms with E-state index in [-0.39, 0.29) is 25.3 Å². The van der Waals surface area contributed by atoms with Gasteiger partial charge in [-0.05, 0) is 24.5 Å². The van der Waals surface area contributed by atoms with Crippen LogP contribution in [0.5, 0.6) is 0 Å². The molecule has 0 bridgehead atoms. The second kappa shape index (κ2) is 13.7. The van der Waals surface area contributed by atoms with E-state index in [4.69, 9.17) is 22.3 Å². The van der Waals surface area contributed by atoms with Crippen LogP contribution in [-0.2, 0) is 25.6 Å². The number of amides is 3. The lowest BCUT2D eigenvalue weighted by Gasteiger charge is -2.24. The number of aliphatic hydroxyl groups excluding tert-OH is 1. The number of benzene rings is 1. The number of hydrogen-bond acceptors (Lipinski definition) is 7. The van der Waals surface area contributed by atoms with Crippen molar-refractivity contribution >= 4 is 40.6 Å². The van der Waals surface area contributed by atoms with Crippen molar-refractivity contribution in [2.24, 2.45) is 22.2 Å². The van der Waals surface area contributed by atoms with Crippen LogP contribution in [0.3, 0.4) is 0 Å². The molecule has 196 valence electrons. The summed E-state index contributed by atoms with van der Waals surface area (Å²) in [6.07, 6.45) is 2.16. The molecule has 3 amide bonds. The van der Waals surface area contributed by atoms with Crippen molar-refractivity contribution in [2.45, 2.75) is 37.4 Å². The van der Waals surface area contributed by atoms with Gasteiger partial charge in [0.25, 0.3) is 0 Å². The van der Waals surface area contributed by atoms with Gasteiger partial charge >= 0.3 is 5.97 Å². The quantitative estimate of drug-likeness (QED) is 0.0733. The molecular formula is C22H32N8O6. The summed E-state index contributed by atoms with van der Waals surface area (Å²) >= 11 is 0. The molecule has 0 aliphatic carbocycles. The monoisotopic (exact) mass is 504 g/mol. The molecule has 1 aromatic heterocycles. The molecule has 12 N–H and O–H groups in total. The molecule has 3 unspecified atom stereocenters. The van der Waals surface area contributed by atoms with E-state index in [0.717, 1.165) is 16.5 Å². The minimum atomic E-state index is -1.25. The fraction of sp³-hybridized carbons (Fsp3) is 0.409. The van der Waals surface area contributed by atoms with Gasteiger partial charge in [-0.25, -0.2) is 0 Å². The lowest BCUT2D eigenvalue weighted by atomic mass is 10.0. The molecule has 0 saturated heterocycles. The highest BCUT2D eigenvalue weighted by molar-refractivity contribution is 5.94. The highest BCUT2D eigenvalue weighted by Crippen LogP contribution is 2.19. The average Bonchev–Trinajstić information content (AvgIpc) is 3.25. The molecule has 0 fully saturated rings. The molecule has 0 saturated carbocycles. The molecule has 14 heteroatoms. The fourth-order valence-corrected chi connectivity index (χ4v) is 3.42. The molecule has 3 atom stereocenters. The number of para-hydroxylation sites is 1. The number of aromatic nitrogens is 1. The standard InChI is InChI=1S/C22H32N8O6/c23-14(11-31)19(34)30-17(8-12-9-27-15-5-2-1-4-13(12)15)21(36)29-16(6-3-7-26-22(24)25)20(35)28-10-18(32)33/h1-2,4-5,9,14,16-17,27,31H,3,6-8,10-11,23H2,(H,28,35)(H,29,36)(H,30,34)(H,32,33)(H4,24,25,26). The number of carbonyl (C=O) groups is 4. The Balaban J connectivity index is 2.23. The molecule has 0 spiro atoms. The number of nitrogens with two attached hydrogens (primary N) is 3. The van der Waals surface area contributed by atoms with E-state index in [9.17, 15) is 24.3 Å². The maximum atomic E-state index is 13.2. The maximum Gasteiger partial charge on any atom is 0.322 e. The van der Waals surface area contributed by atoms with Crippen LogP contribution in [0.1, 0.15) is 18.4 Å². The Hall–Kier alpha value is -4.17. The van der Waals surface area contributed by atoms with Crippen molar-refractivity contribution < 1.29 is 29.4 Å². The summed E-state index contributed by atoms with van der Waals surface area (Å²) in [5, 5.41) is 26.2. The van der Waals surface area contributed by atoms with E-state index in [0.29, 0.717) is 6.42 Å². The topological polar surface area (TPSA) is 251 Å². The molecule has 14 nitrogen and oxygen atoms in total. The largest absolute Gasteiger partial charge is 0.480 e. The van der Waals surface area contributed by atoms with E-state index < -0.39 is 55.0 Å². The van der Waals surface area contributed by atoms with Crippen LogP contribution in [0, 0.1) is 0 Å². The second-order valence-corrected chi connectivity index (χ2v) is 8.04. The highest BCUT2D eigenvalue weighted by atomic mass is 16.4. The Morgan fingerprint density at radius 1 is 1.03 bits per heavy atom. The van der Waals surface area contributed by atoms with E-state index in [1.165, 1.54) is 0 Å². The molecular weight excluding hydrogens is 472 g/mol. The van der Waals surface area contributed by atoms with Gasteiger partial charge in [-0.2, -0.15) is 0 Å². The molecule has 2 rings (SSSR count). The van der Waals surface area contributed by atoms with Gasteiger partial charge in [0.15, 0.2) is 5.96 Å². The summed E-state index contributed by atoms with van der Waals surface area (Å²) in [6.45, 7) is -1.08. The van der Waals surface area contributed by atoms with Gasteiger partial charge in [0, 0.05) is 30.1 Å². The van der Waals surface area contributed by atoms with Gasteiger partial charge in [-0.1, -0.05) is 18.2 Å². The zero-order valence-corrected chi connectivity index (χ0v) is 19.6. The van der Waals surface area contributed by atoms with Crippen molar-refractivity contribution in [3.63, 3.8) is 0 Å². The normalized spacial score (nSPS) is 13.3. The zero-order valence-electron chi connectivity index (χ0n) is 19.6.